The molecule has 1 atom stereocenters. The first-order chi connectivity index (χ1) is 13.7. The van der Waals surface area contributed by atoms with Crippen LogP contribution in [0.4, 0.5) is 5.13 Å². The lowest BCUT2D eigenvalue weighted by atomic mass is 9.91. The molecule has 0 saturated carbocycles. The first-order valence-corrected chi connectivity index (χ1v) is 11.3. The van der Waals surface area contributed by atoms with Gasteiger partial charge in [0.2, 0.25) is 0 Å². The largest absolute Gasteiger partial charge is 0.348 e. The fourth-order valence-corrected chi connectivity index (χ4v) is 5.93. The van der Waals surface area contributed by atoms with Crippen molar-refractivity contribution >= 4 is 22.4 Å². The van der Waals surface area contributed by atoms with E-state index in [2.05, 4.69) is 32.4 Å². The number of carbonyl (C=O) groups excluding carboxylic acids is 1. The number of fused-ring (bicyclic) bond motifs is 1. The summed E-state index contributed by atoms with van der Waals surface area (Å²) in [7, 11) is 0. The van der Waals surface area contributed by atoms with Gasteiger partial charge in [-0.05, 0) is 50.2 Å². The second-order valence-corrected chi connectivity index (χ2v) is 9.60. The van der Waals surface area contributed by atoms with E-state index >= 15 is 0 Å². The van der Waals surface area contributed by atoms with Gasteiger partial charge in [0.15, 0.2) is 5.13 Å². The van der Waals surface area contributed by atoms with Gasteiger partial charge in [0, 0.05) is 49.4 Å². The third-order valence-electron chi connectivity index (χ3n) is 6.49. The molecule has 148 valence electrons. The van der Waals surface area contributed by atoms with Gasteiger partial charge in [-0.2, -0.15) is 0 Å². The molecule has 2 aromatic rings. The van der Waals surface area contributed by atoms with Crippen molar-refractivity contribution in [3.05, 3.63) is 46.5 Å². The van der Waals surface area contributed by atoms with Crippen molar-refractivity contribution in [2.75, 3.05) is 31.1 Å². The van der Waals surface area contributed by atoms with E-state index < -0.39 is 0 Å². The van der Waals surface area contributed by atoms with Gasteiger partial charge in [-0.15, -0.1) is 11.3 Å². The summed E-state index contributed by atoms with van der Waals surface area (Å²) in [5, 5.41) is 4.56. The highest BCUT2D eigenvalue weighted by atomic mass is 32.1. The molecule has 2 fully saturated rings. The fourth-order valence-electron chi connectivity index (χ4n) is 4.93. The predicted molar refractivity (Wildman–Crippen MR) is 113 cm³/mol. The van der Waals surface area contributed by atoms with E-state index in [1.807, 2.05) is 29.5 Å². The average molecular weight is 397 g/mol. The summed E-state index contributed by atoms with van der Waals surface area (Å²) in [4.78, 5) is 23.7. The second kappa shape index (κ2) is 7.48. The summed E-state index contributed by atoms with van der Waals surface area (Å²) in [6.45, 7) is 5.20. The Bertz CT molecular complexity index is 860. The Morgan fingerprint density at radius 2 is 1.96 bits per heavy atom. The first-order valence-electron chi connectivity index (χ1n) is 10.5. The number of nitrogens with one attached hydrogen (secondary N) is 1. The van der Waals surface area contributed by atoms with Gasteiger partial charge in [0.1, 0.15) is 0 Å². The molecule has 28 heavy (non-hydrogen) atoms. The standard InChI is InChI=1S/C22H28N4OS/c27-20-19-7-3-2-6-17(19)8-9-22(24-20)10-13-25(16-22)15-18-14-23-21(28-18)26-11-4-1-5-12-26/h2-3,6-7,14H,1,4-5,8-13,15-16H2,(H,24,27). The molecule has 1 N–H and O–H groups in total. The van der Waals surface area contributed by atoms with Crippen LogP contribution >= 0.6 is 11.3 Å². The lowest BCUT2D eigenvalue weighted by Gasteiger charge is -2.29. The maximum Gasteiger partial charge on any atom is 0.252 e. The molecular formula is C22H28N4OS. The molecule has 1 unspecified atom stereocenters. The molecule has 1 aromatic heterocycles. The van der Waals surface area contributed by atoms with Gasteiger partial charge in [-0.1, -0.05) is 18.2 Å². The molecule has 3 aliphatic heterocycles. The normalized spacial score (nSPS) is 25.6. The van der Waals surface area contributed by atoms with Crippen LogP contribution in [0.3, 0.4) is 0 Å². The Hall–Kier alpha value is -1.92. The molecule has 6 heteroatoms. The van der Waals surface area contributed by atoms with Crippen LogP contribution in [0.5, 0.6) is 0 Å². The molecule has 0 bridgehead atoms. The van der Waals surface area contributed by atoms with Crippen LogP contribution in [0.1, 0.15) is 52.9 Å². The monoisotopic (exact) mass is 396 g/mol. The quantitative estimate of drug-likeness (QED) is 0.863. The van der Waals surface area contributed by atoms with Crippen molar-refractivity contribution < 1.29 is 4.79 Å². The molecule has 1 spiro atoms. The number of hydrogen-bond acceptors (Lipinski definition) is 5. The number of carbonyl (C=O) groups is 1. The summed E-state index contributed by atoms with van der Waals surface area (Å²) in [6, 6.07) is 8.05. The molecule has 0 radical (unpaired) electrons. The van der Waals surface area contributed by atoms with Crippen LogP contribution in [0.15, 0.2) is 30.5 Å². The molecule has 1 amide bonds. The van der Waals surface area contributed by atoms with Crippen molar-refractivity contribution in [3.8, 4) is 0 Å². The number of amides is 1. The van der Waals surface area contributed by atoms with Crippen LogP contribution in [0, 0.1) is 0 Å². The smallest absolute Gasteiger partial charge is 0.252 e. The molecule has 1 aromatic carbocycles. The SMILES string of the molecule is O=C1NC2(CCc3ccccc31)CCN(Cc1cnc(N3CCCCC3)s1)C2. The van der Waals surface area contributed by atoms with Crippen LogP contribution in [0.25, 0.3) is 0 Å². The number of likely N-dealkylation sites (tertiary alicyclic amines) is 1. The summed E-state index contributed by atoms with van der Waals surface area (Å²) < 4.78 is 0. The zero-order chi connectivity index (χ0) is 19.0. The summed E-state index contributed by atoms with van der Waals surface area (Å²) in [5.41, 5.74) is 1.95. The fraction of sp³-hybridized carbons (Fsp3) is 0.545. The van der Waals surface area contributed by atoms with Crippen LogP contribution in [-0.4, -0.2) is 47.5 Å². The van der Waals surface area contributed by atoms with Crippen molar-refractivity contribution in [1.29, 1.82) is 0 Å². The van der Waals surface area contributed by atoms with Gasteiger partial charge in [0.25, 0.3) is 5.91 Å². The lowest BCUT2D eigenvalue weighted by molar-refractivity contribution is 0.0902. The molecular weight excluding hydrogens is 368 g/mol. The predicted octanol–water partition coefficient (Wildman–Crippen LogP) is 3.45. The van der Waals surface area contributed by atoms with E-state index in [0.717, 1.165) is 57.5 Å². The maximum atomic E-state index is 12.8. The van der Waals surface area contributed by atoms with Gasteiger partial charge >= 0.3 is 0 Å². The Morgan fingerprint density at radius 3 is 2.86 bits per heavy atom. The van der Waals surface area contributed by atoms with Crippen LogP contribution < -0.4 is 10.2 Å². The average Bonchev–Trinajstić information content (AvgIpc) is 3.32. The highest BCUT2D eigenvalue weighted by Crippen LogP contribution is 2.33. The molecule has 3 aliphatic rings. The maximum absolute atomic E-state index is 12.8. The minimum atomic E-state index is -0.0868. The number of nitrogens with zero attached hydrogens (tertiary/aromatic N) is 3. The Balaban J connectivity index is 1.24. The number of anilines is 1. The van der Waals surface area contributed by atoms with E-state index in [1.54, 1.807) is 0 Å². The van der Waals surface area contributed by atoms with Crippen molar-refractivity contribution in [2.24, 2.45) is 0 Å². The van der Waals surface area contributed by atoms with Gasteiger partial charge < -0.3 is 10.2 Å². The minimum absolute atomic E-state index is 0.0868. The van der Waals surface area contributed by atoms with E-state index in [1.165, 1.54) is 34.8 Å². The molecule has 5 rings (SSSR count). The van der Waals surface area contributed by atoms with Crippen LogP contribution in [0.2, 0.25) is 0 Å². The molecule has 2 saturated heterocycles. The highest BCUT2D eigenvalue weighted by Gasteiger charge is 2.41. The first kappa shape index (κ1) is 18.1. The number of benzene rings is 1. The highest BCUT2D eigenvalue weighted by molar-refractivity contribution is 7.15. The number of hydrogen-bond donors (Lipinski definition) is 1. The molecule has 0 aliphatic carbocycles. The summed E-state index contributed by atoms with van der Waals surface area (Å²) in [5.74, 6) is 0.0973. The Morgan fingerprint density at radius 1 is 1.11 bits per heavy atom. The van der Waals surface area contributed by atoms with E-state index in [9.17, 15) is 4.79 Å². The zero-order valence-electron chi connectivity index (χ0n) is 16.3. The third kappa shape index (κ3) is 3.55. The van der Waals surface area contributed by atoms with E-state index in [4.69, 9.17) is 0 Å². The Kier molecular flexibility index (Phi) is 4.85. The Labute approximate surface area is 170 Å². The number of rotatable bonds is 3. The van der Waals surface area contributed by atoms with E-state index in [0.29, 0.717) is 0 Å². The minimum Gasteiger partial charge on any atom is -0.348 e. The lowest BCUT2D eigenvalue weighted by Crippen LogP contribution is -2.49. The number of aromatic nitrogens is 1. The van der Waals surface area contributed by atoms with Gasteiger partial charge in [-0.25, -0.2) is 4.98 Å². The number of aryl methyl sites for hydroxylation is 1. The van der Waals surface area contributed by atoms with Crippen molar-refractivity contribution in [3.63, 3.8) is 0 Å². The third-order valence-corrected chi connectivity index (χ3v) is 7.54. The van der Waals surface area contributed by atoms with Crippen LogP contribution in [-0.2, 0) is 13.0 Å². The van der Waals surface area contributed by atoms with E-state index in [-0.39, 0.29) is 11.4 Å². The number of thiazole rings is 1. The van der Waals surface area contributed by atoms with Crippen molar-refractivity contribution in [2.45, 2.75) is 50.6 Å². The zero-order valence-corrected chi connectivity index (χ0v) is 17.1. The summed E-state index contributed by atoms with van der Waals surface area (Å²) in [6.07, 6.45) is 9.00. The molecule has 4 heterocycles. The molecule has 5 nitrogen and oxygen atoms in total. The van der Waals surface area contributed by atoms with Gasteiger partial charge in [0.05, 0.1) is 5.54 Å². The second-order valence-electron chi connectivity index (χ2n) is 8.51. The topological polar surface area (TPSA) is 48.5 Å². The van der Waals surface area contributed by atoms with Gasteiger partial charge in [-0.3, -0.25) is 9.69 Å². The van der Waals surface area contributed by atoms with Crippen molar-refractivity contribution in [1.82, 2.24) is 15.2 Å². The number of piperidine rings is 1. The summed E-state index contributed by atoms with van der Waals surface area (Å²) >= 11 is 1.84.